The number of rotatable bonds is 1. The van der Waals surface area contributed by atoms with Crippen molar-refractivity contribution in [1.82, 2.24) is 0 Å². The summed E-state index contributed by atoms with van der Waals surface area (Å²) in [5.74, 6) is 0. The summed E-state index contributed by atoms with van der Waals surface area (Å²) in [6.45, 7) is -0.196. The number of hydrogen-bond acceptors (Lipinski definition) is 3. The molecular formula is C11H8F6N2O. The second kappa shape index (κ2) is 4.65. The maximum atomic E-state index is 12.6. The van der Waals surface area contributed by atoms with E-state index in [4.69, 9.17) is 5.11 Å². The summed E-state index contributed by atoms with van der Waals surface area (Å²) in [7, 11) is 0. The van der Waals surface area contributed by atoms with Crippen LogP contribution in [0.25, 0.3) is 0 Å². The molecule has 0 spiro atoms. The van der Waals surface area contributed by atoms with Crippen LogP contribution in [0.4, 0.5) is 32.0 Å². The summed E-state index contributed by atoms with van der Waals surface area (Å²) in [5.41, 5.74) is -3.14. The van der Waals surface area contributed by atoms with Gasteiger partial charge in [0.15, 0.2) is 6.23 Å². The van der Waals surface area contributed by atoms with Crippen LogP contribution in [0.5, 0.6) is 0 Å². The predicted octanol–water partition coefficient (Wildman–Crippen LogP) is 2.89. The van der Waals surface area contributed by atoms with Crippen molar-refractivity contribution in [2.24, 2.45) is 4.99 Å². The Labute approximate surface area is 109 Å². The van der Waals surface area contributed by atoms with Crippen LogP contribution in [0.2, 0.25) is 0 Å². The molecule has 0 saturated heterocycles. The number of anilines is 1. The second-order valence-corrected chi connectivity index (χ2v) is 4.16. The third-order valence-electron chi connectivity index (χ3n) is 2.64. The molecule has 3 nitrogen and oxygen atoms in total. The maximum Gasteiger partial charge on any atom is 0.416 e. The van der Waals surface area contributed by atoms with Crippen molar-refractivity contribution in [1.29, 1.82) is 0 Å². The van der Waals surface area contributed by atoms with Gasteiger partial charge in [-0.1, -0.05) is 0 Å². The summed E-state index contributed by atoms with van der Waals surface area (Å²) in [6, 6.07) is 1.21. The molecule has 0 aliphatic carbocycles. The number of β-amino-alcohol motifs (C(OH)–C–C–N with tert-alkyl or cyclic N) is 1. The van der Waals surface area contributed by atoms with Gasteiger partial charge in [-0.3, -0.25) is 0 Å². The summed E-state index contributed by atoms with van der Waals surface area (Å²) in [4.78, 5) is 4.49. The van der Waals surface area contributed by atoms with E-state index in [9.17, 15) is 26.3 Å². The summed E-state index contributed by atoms with van der Waals surface area (Å²) < 4.78 is 75.8. The fourth-order valence-corrected chi connectivity index (χ4v) is 1.70. The van der Waals surface area contributed by atoms with Crippen molar-refractivity contribution >= 4 is 12.0 Å². The first kappa shape index (κ1) is 14.6. The average molecular weight is 298 g/mol. The molecule has 1 aliphatic heterocycles. The van der Waals surface area contributed by atoms with Crippen LogP contribution in [-0.2, 0) is 12.4 Å². The molecule has 20 heavy (non-hydrogen) atoms. The van der Waals surface area contributed by atoms with E-state index in [0.717, 1.165) is 11.2 Å². The Balaban J connectivity index is 2.49. The molecule has 0 radical (unpaired) electrons. The number of halogens is 6. The molecule has 1 aromatic rings. The molecule has 1 heterocycles. The number of hydrogen-bond donors (Lipinski definition) is 1. The second-order valence-electron chi connectivity index (χ2n) is 4.16. The van der Waals surface area contributed by atoms with Crippen LogP contribution in [0, 0.1) is 0 Å². The topological polar surface area (TPSA) is 35.8 Å². The van der Waals surface area contributed by atoms with Crippen molar-refractivity contribution in [3.63, 3.8) is 0 Å². The van der Waals surface area contributed by atoms with Gasteiger partial charge in [0.05, 0.1) is 24.0 Å². The maximum absolute atomic E-state index is 12.6. The molecule has 0 amide bonds. The number of aliphatic hydroxyl groups excluding tert-OH is 1. The number of aliphatic imine (C=N–C) groups is 1. The van der Waals surface area contributed by atoms with Crippen LogP contribution < -0.4 is 4.90 Å². The van der Waals surface area contributed by atoms with Crippen LogP contribution in [0.15, 0.2) is 23.2 Å². The summed E-state index contributed by atoms with van der Waals surface area (Å²) in [6.07, 6.45) is -9.96. The standard InChI is InChI=1S/C11H8F6N2O/c12-10(13,14)6-1-7(11(15,16)17)3-8(2-6)19-4-9(20)18-5-19/h1-3,5,9,20H,4H2. The SMILES string of the molecule is OC1CN(c2cc(C(F)(F)F)cc(C(F)(F)F)c2)C=N1. The zero-order valence-electron chi connectivity index (χ0n) is 9.70. The lowest BCUT2D eigenvalue weighted by atomic mass is 10.1. The Kier molecular flexibility index (Phi) is 3.41. The molecule has 2 rings (SSSR count). The van der Waals surface area contributed by atoms with Gasteiger partial charge in [0.25, 0.3) is 0 Å². The lowest BCUT2D eigenvalue weighted by Gasteiger charge is -2.19. The van der Waals surface area contributed by atoms with Crippen molar-refractivity contribution in [3.8, 4) is 0 Å². The highest BCUT2D eigenvalue weighted by Gasteiger charge is 2.37. The van der Waals surface area contributed by atoms with Gasteiger partial charge in [-0.15, -0.1) is 0 Å². The van der Waals surface area contributed by atoms with E-state index < -0.39 is 29.7 Å². The zero-order valence-corrected chi connectivity index (χ0v) is 9.70. The van der Waals surface area contributed by atoms with Gasteiger partial charge in [0.2, 0.25) is 0 Å². The van der Waals surface area contributed by atoms with Crippen molar-refractivity contribution in [2.75, 3.05) is 11.4 Å². The lowest BCUT2D eigenvalue weighted by Crippen LogP contribution is -2.23. The highest BCUT2D eigenvalue weighted by Crippen LogP contribution is 2.38. The summed E-state index contributed by atoms with van der Waals surface area (Å²) >= 11 is 0. The molecule has 0 bridgehead atoms. The molecule has 1 atom stereocenters. The van der Waals surface area contributed by atoms with Gasteiger partial charge < -0.3 is 10.0 Å². The average Bonchev–Trinajstić information content (AvgIpc) is 2.73. The predicted molar refractivity (Wildman–Crippen MR) is 58.3 cm³/mol. The molecule has 0 aromatic heterocycles. The normalized spacial score (nSPS) is 19.8. The summed E-state index contributed by atoms with van der Waals surface area (Å²) in [5, 5.41) is 9.14. The van der Waals surface area contributed by atoms with E-state index in [1.54, 1.807) is 0 Å². The van der Waals surface area contributed by atoms with Crippen LogP contribution in [-0.4, -0.2) is 24.2 Å². The van der Waals surface area contributed by atoms with E-state index >= 15 is 0 Å². The molecule has 9 heteroatoms. The first-order valence-electron chi connectivity index (χ1n) is 5.35. The van der Waals surface area contributed by atoms with Gasteiger partial charge in [-0.25, -0.2) is 4.99 Å². The zero-order chi connectivity index (χ0) is 15.1. The molecule has 0 saturated carbocycles. The number of aliphatic hydroxyl groups is 1. The van der Waals surface area contributed by atoms with Gasteiger partial charge >= 0.3 is 12.4 Å². The Morgan fingerprint density at radius 1 is 1.00 bits per heavy atom. The van der Waals surface area contributed by atoms with E-state index in [2.05, 4.69) is 4.99 Å². The van der Waals surface area contributed by atoms with Gasteiger partial charge in [-0.2, -0.15) is 26.3 Å². The van der Waals surface area contributed by atoms with Gasteiger partial charge in [0.1, 0.15) is 0 Å². The third-order valence-corrected chi connectivity index (χ3v) is 2.64. The highest BCUT2D eigenvalue weighted by molar-refractivity contribution is 5.81. The Morgan fingerprint density at radius 3 is 1.85 bits per heavy atom. The van der Waals surface area contributed by atoms with Crippen LogP contribution in [0.1, 0.15) is 11.1 Å². The highest BCUT2D eigenvalue weighted by atomic mass is 19.4. The lowest BCUT2D eigenvalue weighted by molar-refractivity contribution is -0.143. The van der Waals surface area contributed by atoms with Crippen molar-refractivity contribution in [3.05, 3.63) is 29.3 Å². The monoisotopic (exact) mass is 298 g/mol. The van der Waals surface area contributed by atoms with Crippen LogP contribution in [0.3, 0.4) is 0 Å². The minimum Gasteiger partial charge on any atom is -0.370 e. The molecule has 1 N–H and O–H groups in total. The molecule has 0 fully saturated rings. The Hall–Kier alpha value is -1.77. The minimum absolute atomic E-state index is 0.0488. The van der Waals surface area contributed by atoms with Gasteiger partial charge in [0, 0.05) is 5.69 Å². The molecular weight excluding hydrogens is 290 g/mol. The Morgan fingerprint density at radius 2 is 1.50 bits per heavy atom. The first-order valence-corrected chi connectivity index (χ1v) is 5.35. The Bertz CT molecular complexity index is 504. The quantitative estimate of drug-likeness (QED) is 0.809. The first-order chi connectivity index (χ1) is 9.07. The number of benzene rings is 1. The van der Waals surface area contributed by atoms with Crippen molar-refractivity contribution in [2.45, 2.75) is 18.6 Å². The molecule has 1 aromatic carbocycles. The van der Waals surface area contributed by atoms with E-state index in [0.29, 0.717) is 12.1 Å². The van der Waals surface area contributed by atoms with Gasteiger partial charge in [-0.05, 0) is 18.2 Å². The fourth-order valence-electron chi connectivity index (χ4n) is 1.70. The van der Waals surface area contributed by atoms with Crippen LogP contribution >= 0.6 is 0 Å². The largest absolute Gasteiger partial charge is 0.416 e. The minimum atomic E-state index is -4.90. The van der Waals surface area contributed by atoms with E-state index in [1.165, 1.54) is 0 Å². The molecule has 110 valence electrons. The molecule has 1 unspecified atom stereocenters. The number of alkyl halides is 6. The van der Waals surface area contributed by atoms with E-state index in [-0.39, 0.29) is 18.3 Å². The molecule has 1 aliphatic rings. The van der Waals surface area contributed by atoms with E-state index in [1.807, 2.05) is 0 Å². The number of nitrogens with zero attached hydrogens (tertiary/aromatic N) is 2. The fraction of sp³-hybridized carbons (Fsp3) is 0.364. The van der Waals surface area contributed by atoms with Crippen molar-refractivity contribution < 1.29 is 31.4 Å². The third kappa shape index (κ3) is 3.03. The smallest absolute Gasteiger partial charge is 0.370 e.